The molecule has 0 unspecified atom stereocenters. The molecule has 120 valence electrons. The SMILES string of the molecule is C/C=C(\C=NC)B1OC(C)(C)C(C)(C)O1.Cc1cccnc1. The van der Waals surface area contributed by atoms with E-state index in [1.54, 1.807) is 19.5 Å². The Morgan fingerprint density at radius 2 is 1.82 bits per heavy atom. The largest absolute Gasteiger partial charge is 0.496 e. The van der Waals surface area contributed by atoms with Crippen molar-refractivity contribution in [3.8, 4) is 0 Å². The predicted octanol–water partition coefficient (Wildman–Crippen LogP) is 3.65. The highest BCUT2D eigenvalue weighted by Crippen LogP contribution is 2.38. The van der Waals surface area contributed by atoms with Crippen LogP contribution in [0.3, 0.4) is 0 Å². The summed E-state index contributed by atoms with van der Waals surface area (Å²) in [4.78, 5) is 7.88. The fraction of sp³-hybridized carbons (Fsp3) is 0.529. The van der Waals surface area contributed by atoms with Gasteiger partial charge < -0.3 is 9.31 Å². The molecule has 0 spiro atoms. The number of aliphatic imine (C=N–C) groups is 1. The van der Waals surface area contributed by atoms with Crippen LogP contribution in [0.2, 0.25) is 0 Å². The average Bonchev–Trinajstić information content (AvgIpc) is 2.66. The highest BCUT2D eigenvalue weighted by molar-refractivity contribution is 6.60. The summed E-state index contributed by atoms with van der Waals surface area (Å²) in [6.07, 6.45) is 7.35. The van der Waals surface area contributed by atoms with Gasteiger partial charge in [0.15, 0.2) is 0 Å². The first-order valence-corrected chi connectivity index (χ1v) is 7.54. The third kappa shape index (κ3) is 4.78. The van der Waals surface area contributed by atoms with Crippen molar-refractivity contribution in [2.24, 2.45) is 4.99 Å². The van der Waals surface area contributed by atoms with E-state index in [1.807, 2.05) is 65.9 Å². The molecule has 1 fully saturated rings. The highest BCUT2D eigenvalue weighted by atomic mass is 16.7. The maximum absolute atomic E-state index is 5.89. The number of aryl methyl sites for hydroxylation is 1. The van der Waals surface area contributed by atoms with E-state index >= 15 is 0 Å². The van der Waals surface area contributed by atoms with Gasteiger partial charge in [0.2, 0.25) is 0 Å². The smallest absolute Gasteiger partial charge is 0.399 e. The molecule has 0 atom stereocenters. The Hall–Kier alpha value is -1.46. The second kappa shape index (κ2) is 7.70. The standard InChI is InChI=1S/C11H20BNO2.C6H7N/c1-7-9(8-13-6)12-14-10(2,3)11(4,5)15-12;1-6-3-2-4-7-5-6/h7-8H,1-6H3;2-5H,1H3/b9-7+,13-8?;. The lowest BCUT2D eigenvalue weighted by Gasteiger charge is -2.32. The van der Waals surface area contributed by atoms with Gasteiger partial charge in [-0.05, 0) is 58.6 Å². The van der Waals surface area contributed by atoms with Gasteiger partial charge in [0.25, 0.3) is 0 Å². The zero-order valence-electron chi connectivity index (χ0n) is 14.8. The Morgan fingerprint density at radius 1 is 1.23 bits per heavy atom. The fourth-order valence-corrected chi connectivity index (χ4v) is 1.85. The summed E-state index contributed by atoms with van der Waals surface area (Å²) in [6.45, 7) is 12.2. The zero-order valence-corrected chi connectivity index (χ0v) is 14.8. The number of pyridine rings is 1. The molecule has 0 amide bonds. The molecule has 1 aromatic heterocycles. The van der Waals surface area contributed by atoms with Gasteiger partial charge in [-0.3, -0.25) is 9.98 Å². The number of nitrogens with zero attached hydrogens (tertiary/aromatic N) is 2. The Balaban J connectivity index is 0.000000287. The van der Waals surface area contributed by atoms with Gasteiger partial charge in [-0.2, -0.15) is 0 Å². The first-order chi connectivity index (χ1) is 10.2. The van der Waals surface area contributed by atoms with Crippen LogP contribution in [0.4, 0.5) is 0 Å². The van der Waals surface area contributed by atoms with E-state index in [9.17, 15) is 0 Å². The molecule has 0 saturated carbocycles. The van der Waals surface area contributed by atoms with E-state index < -0.39 is 0 Å². The van der Waals surface area contributed by atoms with Crippen molar-refractivity contribution in [3.63, 3.8) is 0 Å². The van der Waals surface area contributed by atoms with Gasteiger partial charge >= 0.3 is 7.12 Å². The minimum absolute atomic E-state index is 0.284. The molecule has 4 nitrogen and oxygen atoms in total. The molecule has 22 heavy (non-hydrogen) atoms. The lowest BCUT2D eigenvalue weighted by Crippen LogP contribution is -2.41. The van der Waals surface area contributed by atoms with E-state index in [2.05, 4.69) is 9.98 Å². The second-order valence-electron chi connectivity index (χ2n) is 6.29. The minimum Gasteiger partial charge on any atom is -0.399 e. The van der Waals surface area contributed by atoms with E-state index in [0.29, 0.717) is 0 Å². The summed E-state index contributed by atoms with van der Waals surface area (Å²) < 4.78 is 11.8. The topological polar surface area (TPSA) is 43.7 Å². The monoisotopic (exact) mass is 302 g/mol. The van der Waals surface area contributed by atoms with Crippen molar-refractivity contribution >= 4 is 13.3 Å². The minimum atomic E-state index is -0.302. The van der Waals surface area contributed by atoms with Gasteiger partial charge in [0.05, 0.1) is 11.2 Å². The molecule has 2 rings (SSSR count). The predicted molar refractivity (Wildman–Crippen MR) is 93.2 cm³/mol. The lowest BCUT2D eigenvalue weighted by molar-refractivity contribution is 0.00578. The van der Waals surface area contributed by atoms with Crippen LogP contribution >= 0.6 is 0 Å². The van der Waals surface area contributed by atoms with Crippen LogP contribution in [-0.2, 0) is 9.31 Å². The number of rotatable bonds is 2. The normalized spacial score (nSPS) is 20.0. The Labute approximate surface area is 134 Å². The first-order valence-electron chi connectivity index (χ1n) is 7.54. The maximum Gasteiger partial charge on any atom is 0.496 e. The zero-order chi connectivity index (χ0) is 16.8. The molecule has 1 saturated heterocycles. The van der Waals surface area contributed by atoms with Crippen molar-refractivity contribution in [3.05, 3.63) is 41.6 Å². The molecule has 0 bridgehead atoms. The number of aromatic nitrogens is 1. The lowest BCUT2D eigenvalue weighted by atomic mass is 9.79. The van der Waals surface area contributed by atoms with Gasteiger partial charge in [-0.15, -0.1) is 0 Å². The summed E-state index contributed by atoms with van der Waals surface area (Å²) in [6, 6.07) is 3.95. The van der Waals surface area contributed by atoms with Crippen molar-refractivity contribution < 1.29 is 9.31 Å². The average molecular weight is 302 g/mol. The number of allylic oxidation sites excluding steroid dienone is 2. The van der Waals surface area contributed by atoms with Crippen molar-refractivity contribution in [2.45, 2.75) is 52.7 Å². The van der Waals surface area contributed by atoms with Crippen LogP contribution in [-0.4, -0.2) is 36.6 Å². The van der Waals surface area contributed by atoms with Crippen molar-refractivity contribution in [1.29, 1.82) is 0 Å². The number of hydrogen-bond donors (Lipinski definition) is 0. The molecule has 2 heterocycles. The summed E-state index contributed by atoms with van der Waals surface area (Å²) >= 11 is 0. The Bertz CT molecular complexity index is 509. The van der Waals surface area contributed by atoms with Gasteiger partial charge in [0.1, 0.15) is 0 Å². The van der Waals surface area contributed by atoms with Crippen molar-refractivity contribution in [2.75, 3.05) is 7.05 Å². The van der Waals surface area contributed by atoms with Crippen LogP contribution < -0.4 is 0 Å². The molecule has 1 aliphatic rings. The van der Waals surface area contributed by atoms with E-state index in [1.165, 1.54) is 5.56 Å². The molecule has 0 N–H and O–H groups in total. The Kier molecular flexibility index (Phi) is 6.51. The molecule has 5 heteroatoms. The summed E-state index contributed by atoms with van der Waals surface area (Å²) in [5.41, 5.74) is 1.61. The second-order valence-corrected chi connectivity index (χ2v) is 6.29. The van der Waals surface area contributed by atoms with Crippen LogP contribution in [0.15, 0.2) is 41.1 Å². The molecule has 0 radical (unpaired) electrons. The van der Waals surface area contributed by atoms with Gasteiger partial charge in [-0.1, -0.05) is 12.1 Å². The number of hydrogen-bond acceptors (Lipinski definition) is 4. The molecule has 1 aromatic rings. The van der Waals surface area contributed by atoms with E-state index in [4.69, 9.17) is 9.31 Å². The highest BCUT2D eigenvalue weighted by Gasteiger charge is 2.51. The van der Waals surface area contributed by atoms with Crippen LogP contribution in [0.1, 0.15) is 40.2 Å². The first kappa shape index (κ1) is 18.6. The van der Waals surface area contributed by atoms with Crippen LogP contribution in [0.5, 0.6) is 0 Å². The third-order valence-corrected chi connectivity index (χ3v) is 3.95. The van der Waals surface area contributed by atoms with Crippen LogP contribution in [0, 0.1) is 6.92 Å². The molecular formula is C17H27BN2O2. The van der Waals surface area contributed by atoms with Crippen molar-refractivity contribution in [1.82, 2.24) is 4.98 Å². The molecule has 0 aliphatic carbocycles. The summed E-state index contributed by atoms with van der Waals surface area (Å²) in [5.74, 6) is 0. The quantitative estimate of drug-likeness (QED) is 0.618. The molecule has 1 aliphatic heterocycles. The van der Waals surface area contributed by atoms with E-state index in [0.717, 1.165) is 5.47 Å². The van der Waals surface area contributed by atoms with E-state index in [-0.39, 0.29) is 18.3 Å². The molecular weight excluding hydrogens is 275 g/mol. The fourth-order valence-electron chi connectivity index (χ4n) is 1.85. The summed E-state index contributed by atoms with van der Waals surface area (Å²) in [7, 11) is 1.44. The molecule has 0 aromatic carbocycles. The summed E-state index contributed by atoms with van der Waals surface area (Å²) in [5, 5.41) is 0. The van der Waals surface area contributed by atoms with Gasteiger partial charge in [-0.25, -0.2) is 0 Å². The third-order valence-electron chi connectivity index (χ3n) is 3.95. The van der Waals surface area contributed by atoms with Gasteiger partial charge in [0, 0.05) is 25.7 Å². The maximum atomic E-state index is 5.89. The Morgan fingerprint density at radius 3 is 2.14 bits per heavy atom. The van der Waals surface area contributed by atoms with Crippen LogP contribution in [0.25, 0.3) is 0 Å².